The zero-order valence-corrected chi connectivity index (χ0v) is 17.1. The van der Waals surface area contributed by atoms with Gasteiger partial charge in [-0.25, -0.2) is 4.98 Å². The van der Waals surface area contributed by atoms with Crippen molar-refractivity contribution in [3.63, 3.8) is 0 Å². The number of aromatic nitrogens is 1. The molecule has 2 atom stereocenters. The molecule has 0 amide bonds. The molecule has 1 aliphatic heterocycles. The lowest BCUT2D eigenvalue weighted by atomic mass is 9.75. The van der Waals surface area contributed by atoms with Crippen molar-refractivity contribution in [2.75, 3.05) is 19.6 Å². The summed E-state index contributed by atoms with van der Waals surface area (Å²) in [4.78, 5) is 7.46. The molecule has 1 saturated heterocycles. The van der Waals surface area contributed by atoms with E-state index >= 15 is 0 Å². The van der Waals surface area contributed by atoms with Crippen LogP contribution in [0.3, 0.4) is 0 Å². The molecule has 2 aliphatic rings. The molecular formula is C20H28Cl2N2S. The van der Waals surface area contributed by atoms with E-state index in [1.165, 1.54) is 74.3 Å². The van der Waals surface area contributed by atoms with Crippen LogP contribution in [0.1, 0.15) is 50.0 Å². The van der Waals surface area contributed by atoms with E-state index in [0.717, 1.165) is 28.8 Å². The number of rotatable bonds is 5. The fourth-order valence-corrected chi connectivity index (χ4v) is 5.70. The number of fused-ring (bicyclic) bond motifs is 2. The standard InChI is InChI=1S/C20H27ClN2S.ClH/c21-17-8-9-19-18(13-17)22-20(24-19)7-3-4-11-23-12-10-15-5-1-2-6-16(15)14-23;/h8-9,13,15-16H,1-7,10-12,14H2;1H. The Labute approximate surface area is 166 Å². The van der Waals surface area contributed by atoms with Crippen LogP contribution in [-0.2, 0) is 6.42 Å². The van der Waals surface area contributed by atoms with Crippen molar-refractivity contribution in [2.24, 2.45) is 11.8 Å². The molecule has 1 aromatic carbocycles. The first kappa shape index (κ1) is 19.4. The van der Waals surface area contributed by atoms with Crippen LogP contribution in [0, 0.1) is 11.8 Å². The highest BCUT2D eigenvalue weighted by atomic mass is 35.5. The molecule has 1 aliphatic carbocycles. The van der Waals surface area contributed by atoms with Gasteiger partial charge in [-0.3, -0.25) is 0 Å². The smallest absolute Gasteiger partial charge is 0.0938 e. The first-order valence-electron chi connectivity index (χ1n) is 9.55. The average Bonchev–Trinajstić information content (AvgIpc) is 3.00. The minimum atomic E-state index is 0. The van der Waals surface area contributed by atoms with E-state index in [0.29, 0.717) is 0 Å². The number of likely N-dealkylation sites (tertiary alicyclic amines) is 1. The Morgan fingerprint density at radius 2 is 1.96 bits per heavy atom. The fraction of sp³-hybridized carbons (Fsp3) is 0.650. The summed E-state index contributed by atoms with van der Waals surface area (Å²) in [5, 5.41) is 2.05. The Kier molecular flexibility index (Phi) is 7.01. The summed E-state index contributed by atoms with van der Waals surface area (Å²) in [6.45, 7) is 3.98. The van der Waals surface area contributed by atoms with Crippen LogP contribution in [0.5, 0.6) is 0 Å². The molecule has 0 radical (unpaired) electrons. The highest BCUT2D eigenvalue weighted by Crippen LogP contribution is 2.36. The second-order valence-corrected chi connectivity index (χ2v) is 9.12. The van der Waals surface area contributed by atoms with Crippen molar-refractivity contribution < 1.29 is 0 Å². The second-order valence-electron chi connectivity index (χ2n) is 7.57. The molecule has 0 bridgehead atoms. The highest BCUT2D eigenvalue weighted by molar-refractivity contribution is 7.18. The van der Waals surface area contributed by atoms with Crippen LogP contribution in [-0.4, -0.2) is 29.5 Å². The number of hydrogen-bond acceptors (Lipinski definition) is 3. The fourth-order valence-electron chi connectivity index (χ4n) is 4.55. The van der Waals surface area contributed by atoms with Crippen LogP contribution < -0.4 is 0 Å². The number of piperidine rings is 1. The van der Waals surface area contributed by atoms with E-state index in [4.69, 9.17) is 16.6 Å². The highest BCUT2D eigenvalue weighted by Gasteiger charge is 2.30. The molecule has 25 heavy (non-hydrogen) atoms. The Morgan fingerprint density at radius 1 is 1.12 bits per heavy atom. The molecule has 0 N–H and O–H groups in total. The SMILES string of the molecule is Cl.Clc1ccc2sc(CCCCN3CCC4CCCCC4C3)nc2c1. The van der Waals surface area contributed by atoms with E-state index in [1.54, 1.807) is 0 Å². The third-order valence-corrected chi connectivity index (χ3v) is 7.22. The van der Waals surface area contributed by atoms with Crippen LogP contribution >= 0.6 is 35.3 Å². The predicted octanol–water partition coefficient (Wildman–Crippen LogP) is 6.21. The summed E-state index contributed by atoms with van der Waals surface area (Å²) in [6.07, 6.45) is 11.0. The van der Waals surface area contributed by atoms with Gasteiger partial charge in [0.2, 0.25) is 0 Å². The normalized spacial score (nSPS) is 24.0. The number of nitrogens with zero attached hydrogens (tertiary/aromatic N) is 2. The van der Waals surface area contributed by atoms with E-state index in [9.17, 15) is 0 Å². The molecule has 0 spiro atoms. The van der Waals surface area contributed by atoms with Crippen LogP contribution in [0.4, 0.5) is 0 Å². The minimum Gasteiger partial charge on any atom is -0.303 e. The van der Waals surface area contributed by atoms with Crippen LogP contribution in [0.2, 0.25) is 5.02 Å². The maximum atomic E-state index is 6.05. The monoisotopic (exact) mass is 398 g/mol. The Bertz CT molecular complexity index is 687. The van der Waals surface area contributed by atoms with Gasteiger partial charge in [0.25, 0.3) is 0 Å². The van der Waals surface area contributed by atoms with E-state index in [-0.39, 0.29) is 12.4 Å². The molecule has 2 fully saturated rings. The lowest BCUT2D eigenvalue weighted by Gasteiger charge is -2.41. The minimum absolute atomic E-state index is 0. The summed E-state index contributed by atoms with van der Waals surface area (Å²) >= 11 is 7.87. The maximum absolute atomic E-state index is 6.05. The molecule has 2 heterocycles. The summed E-state index contributed by atoms with van der Waals surface area (Å²) in [5.41, 5.74) is 1.06. The number of thiazole rings is 1. The van der Waals surface area contributed by atoms with Crippen molar-refractivity contribution in [3.8, 4) is 0 Å². The van der Waals surface area contributed by atoms with Crippen LogP contribution in [0.25, 0.3) is 10.2 Å². The van der Waals surface area contributed by atoms with Gasteiger partial charge in [0.15, 0.2) is 0 Å². The number of benzene rings is 1. The first-order valence-corrected chi connectivity index (χ1v) is 10.7. The zero-order valence-electron chi connectivity index (χ0n) is 14.8. The third-order valence-electron chi connectivity index (χ3n) is 5.88. The number of unbranched alkanes of at least 4 members (excludes halogenated alkanes) is 1. The molecule has 2 aromatic rings. The van der Waals surface area contributed by atoms with Crippen LogP contribution in [0.15, 0.2) is 18.2 Å². The number of halogens is 2. The third kappa shape index (κ3) is 4.88. The summed E-state index contributed by atoms with van der Waals surface area (Å²) in [5.74, 6) is 2.05. The van der Waals surface area contributed by atoms with Gasteiger partial charge in [0.05, 0.1) is 15.2 Å². The average molecular weight is 399 g/mol. The molecule has 1 saturated carbocycles. The van der Waals surface area contributed by atoms with E-state index in [1.807, 2.05) is 23.5 Å². The maximum Gasteiger partial charge on any atom is 0.0938 e. The number of aryl methyl sites for hydroxylation is 1. The van der Waals surface area contributed by atoms with Gasteiger partial charge < -0.3 is 4.90 Å². The van der Waals surface area contributed by atoms with Crippen molar-refractivity contribution in [2.45, 2.75) is 51.4 Å². The zero-order chi connectivity index (χ0) is 16.4. The Hall–Kier alpha value is -0.350. The topological polar surface area (TPSA) is 16.1 Å². The van der Waals surface area contributed by atoms with Crippen molar-refractivity contribution in [3.05, 3.63) is 28.2 Å². The first-order chi connectivity index (χ1) is 11.8. The van der Waals surface area contributed by atoms with Gasteiger partial charge in [-0.05, 0) is 75.2 Å². The molecule has 2 nitrogen and oxygen atoms in total. The van der Waals surface area contributed by atoms with Crippen molar-refractivity contribution in [1.29, 1.82) is 0 Å². The molecule has 5 heteroatoms. The summed E-state index contributed by atoms with van der Waals surface area (Å²) in [7, 11) is 0. The van der Waals surface area contributed by atoms with Gasteiger partial charge in [0, 0.05) is 11.6 Å². The predicted molar refractivity (Wildman–Crippen MR) is 111 cm³/mol. The summed E-state index contributed by atoms with van der Waals surface area (Å²) in [6, 6.07) is 6.03. The largest absolute Gasteiger partial charge is 0.303 e. The van der Waals surface area contributed by atoms with Gasteiger partial charge in [0.1, 0.15) is 0 Å². The molecular weight excluding hydrogens is 371 g/mol. The molecule has 1 aromatic heterocycles. The number of hydrogen-bond donors (Lipinski definition) is 0. The molecule has 2 unspecified atom stereocenters. The van der Waals surface area contributed by atoms with Crippen molar-refractivity contribution in [1.82, 2.24) is 9.88 Å². The molecule has 4 rings (SSSR count). The Morgan fingerprint density at radius 3 is 2.84 bits per heavy atom. The van der Waals surface area contributed by atoms with Gasteiger partial charge in [-0.1, -0.05) is 30.9 Å². The second kappa shape index (κ2) is 9.03. The van der Waals surface area contributed by atoms with E-state index in [2.05, 4.69) is 11.0 Å². The Balaban J connectivity index is 0.00000182. The van der Waals surface area contributed by atoms with Crippen molar-refractivity contribution >= 4 is 45.6 Å². The quantitative estimate of drug-likeness (QED) is 0.556. The molecule has 138 valence electrons. The summed E-state index contributed by atoms with van der Waals surface area (Å²) < 4.78 is 1.26. The van der Waals surface area contributed by atoms with Gasteiger partial charge in [-0.15, -0.1) is 23.7 Å². The van der Waals surface area contributed by atoms with Gasteiger partial charge >= 0.3 is 0 Å². The van der Waals surface area contributed by atoms with Gasteiger partial charge in [-0.2, -0.15) is 0 Å². The lowest BCUT2D eigenvalue weighted by molar-refractivity contribution is 0.0858. The van der Waals surface area contributed by atoms with E-state index < -0.39 is 0 Å². The lowest BCUT2D eigenvalue weighted by Crippen LogP contribution is -2.42.